The standard InChI is InChI=1S/C19H21NO4/c1-13-5-3-6-16(22-2)18(13)19(21)20-12-14-7-8-15-17(11-14)24-10-4-9-23-15/h3,5-8,11H,4,9-10,12H2,1-2H3,(H,20,21). The second-order valence-electron chi connectivity index (χ2n) is 5.67. The van der Waals surface area contributed by atoms with Crippen molar-refractivity contribution in [1.82, 2.24) is 5.32 Å². The summed E-state index contributed by atoms with van der Waals surface area (Å²) in [6, 6.07) is 11.3. The summed E-state index contributed by atoms with van der Waals surface area (Å²) in [5.41, 5.74) is 2.40. The van der Waals surface area contributed by atoms with Crippen molar-refractivity contribution >= 4 is 5.91 Å². The summed E-state index contributed by atoms with van der Waals surface area (Å²) in [6.45, 7) is 3.61. The van der Waals surface area contributed by atoms with E-state index in [0.717, 1.165) is 29.0 Å². The Labute approximate surface area is 141 Å². The van der Waals surface area contributed by atoms with Gasteiger partial charge in [0.2, 0.25) is 0 Å². The first-order chi connectivity index (χ1) is 11.7. The van der Waals surface area contributed by atoms with Gasteiger partial charge in [-0.15, -0.1) is 0 Å². The van der Waals surface area contributed by atoms with E-state index in [1.165, 1.54) is 0 Å². The molecule has 5 heteroatoms. The second kappa shape index (κ2) is 7.25. The first-order valence-electron chi connectivity index (χ1n) is 7.99. The number of carbonyl (C=O) groups excluding carboxylic acids is 1. The van der Waals surface area contributed by atoms with Crippen molar-refractivity contribution in [2.75, 3.05) is 20.3 Å². The molecule has 0 saturated carbocycles. The van der Waals surface area contributed by atoms with Crippen molar-refractivity contribution in [3.05, 3.63) is 53.1 Å². The zero-order chi connectivity index (χ0) is 16.9. The summed E-state index contributed by atoms with van der Waals surface area (Å²) in [6.07, 6.45) is 0.869. The molecular weight excluding hydrogens is 306 g/mol. The molecule has 1 aliphatic heterocycles. The van der Waals surface area contributed by atoms with Crippen molar-refractivity contribution in [3.63, 3.8) is 0 Å². The van der Waals surface area contributed by atoms with Crippen molar-refractivity contribution in [2.24, 2.45) is 0 Å². The van der Waals surface area contributed by atoms with Gasteiger partial charge in [0.25, 0.3) is 5.91 Å². The molecule has 0 aromatic heterocycles. The number of hydrogen-bond acceptors (Lipinski definition) is 4. The Kier molecular flexibility index (Phi) is 4.89. The predicted molar refractivity (Wildman–Crippen MR) is 91.0 cm³/mol. The third kappa shape index (κ3) is 3.45. The molecule has 1 N–H and O–H groups in total. The third-order valence-corrected chi connectivity index (χ3v) is 3.95. The van der Waals surface area contributed by atoms with Crippen LogP contribution in [0, 0.1) is 6.92 Å². The highest BCUT2D eigenvalue weighted by Crippen LogP contribution is 2.30. The SMILES string of the molecule is COc1cccc(C)c1C(=O)NCc1ccc2c(c1)OCCCO2. The van der Waals surface area contributed by atoms with Crippen LogP contribution in [-0.4, -0.2) is 26.2 Å². The van der Waals surface area contributed by atoms with Crippen LogP contribution < -0.4 is 19.5 Å². The van der Waals surface area contributed by atoms with Crippen molar-refractivity contribution in [1.29, 1.82) is 0 Å². The normalized spacial score (nSPS) is 13.1. The molecular formula is C19H21NO4. The van der Waals surface area contributed by atoms with Crippen molar-refractivity contribution < 1.29 is 19.0 Å². The number of ether oxygens (including phenoxy) is 3. The largest absolute Gasteiger partial charge is 0.496 e. The maximum atomic E-state index is 12.5. The molecule has 0 saturated heterocycles. The molecule has 1 aliphatic rings. The fourth-order valence-corrected chi connectivity index (χ4v) is 2.69. The first kappa shape index (κ1) is 16.2. The van der Waals surface area contributed by atoms with Crippen LogP contribution >= 0.6 is 0 Å². The molecule has 0 bridgehead atoms. The predicted octanol–water partition coefficient (Wildman–Crippen LogP) is 3.09. The minimum Gasteiger partial charge on any atom is -0.496 e. The average Bonchev–Trinajstić information content (AvgIpc) is 2.84. The van der Waals surface area contributed by atoms with Gasteiger partial charge in [0.1, 0.15) is 5.75 Å². The van der Waals surface area contributed by atoms with Crippen LogP contribution in [0.4, 0.5) is 0 Å². The maximum absolute atomic E-state index is 12.5. The van der Waals surface area contributed by atoms with E-state index in [9.17, 15) is 4.79 Å². The lowest BCUT2D eigenvalue weighted by Crippen LogP contribution is -2.24. The van der Waals surface area contributed by atoms with Gasteiger partial charge in [0.15, 0.2) is 11.5 Å². The molecule has 0 fully saturated rings. The van der Waals surface area contributed by atoms with Gasteiger partial charge < -0.3 is 19.5 Å². The van der Waals surface area contributed by atoms with E-state index in [1.54, 1.807) is 13.2 Å². The molecule has 0 radical (unpaired) electrons. The van der Waals surface area contributed by atoms with Gasteiger partial charge in [0, 0.05) is 13.0 Å². The van der Waals surface area contributed by atoms with E-state index in [1.807, 2.05) is 37.3 Å². The van der Waals surface area contributed by atoms with Crippen LogP contribution in [0.2, 0.25) is 0 Å². The van der Waals surface area contributed by atoms with Gasteiger partial charge in [-0.25, -0.2) is 0 Å². The Morgan fingerprint density at radius 3 is 2.75 bits per heavy atom. The topological polar surface area (TPSA) is 56.8 Å². The van der Waals surface area contributed by atoms with Crippen LogP contribution in [0.1, 0.15) is 27.9 Å². The van der Waals surface area contributed by atoms with Gasteiger partial charge in [0.05, 0.1) is 25.9 Å². The molecule has 0 spiro atoms. The molecule has 0 atom stereocenters. The van der Waals surface area contributed by atoms with Crippen LogP contribution in [0.25, 0.3) is 0 Å². The summed E-state index contributed by atoms with van der Waals surface area (Å²) in [4.78, 5) is 12.5. The van der Waals surface area contributed by atoms with Crippen molar-refractivity contribution in [3.8, 4) is 17.2 Å². The highest BCUT2D eigenvalue weighted by molar-refractivity contribution is 5.98. The molecule has 1 amide bonds. The van der Waals surface area contributed by atoms with Gasteiger partial charge >= 0.3 is 0 Å². The van der Waals surface area contributed by atoms with Crippen LogP contribution in [-0.2, 0) is 6.54 Å². The first-order valence-corrected chi connectivity index (χ1v) is 7.99. The highest BCUT2D eigenvalue weighted by atomic mass is 16.5. The van der Waals surface area contributed by atoms with Crippen molar-refractivity contribution in [2.45, 2.75) is 19.9 Å². The molecule has 0 unspecified atom stereocenters. The summed E-state index contributed by atoms with van der Waals surface area (Å²) in [5.74, 6) is 1.90. The van der Waals surface area contributed by atoms with Crippen LogP contribution in [0.5, 0.6) is 17.2 Å². The average molecular weight is 327 g/mol. The van der Waals surface area contributed by atoms with Crippen LogP contribution in [0.15, 0.2) is 36.4 Å². The molecule has 3 rings (SSSR count). The monoisotopic (exact) mass is 327 g/mol. The van der Waals surface area contributed by atoms with E-state index in [4.69, 9.17) is 14.2 Å². The number of hydrogen-bond donors (Lipinski definition) is 1. The zero-order valence-corrected chi connectivity index (χ0v) is 13.9. The van der Waals surface area contributed by atoms with Gasteiger partial charge in [-0.3, -0.25) is 4.79 Å². The Balaban J connectivity index is 1.72. The summed E-state index contributed by atoms with van der Waals surface area (Å²) < 4.78 is 16.6. The number of carbonyl (C=O) groups is 1. The Bertz CT molecular complexity index is 742. The lowest BCUT2D eigenvalue weighted by atomic mass is 10.1. The minimum absolute atomic E-state index is 0.155. The van der Waals surface area contributed by atoms with E-state index >= 15 is 0 Å². The number of rotatable bonds is 4. The third-order valence-electron chi connectivity index (χ3n) is 3.95. The summed E-state index contributed by atoms with van der Waals surface area (Å²) in [5, 5.41) is 2.94. The number of fused-ring (bicyclic) bond motifs is 1. The number of aryl methyl sites for hydroxylation is 1. The minimum atomic E-state index is -0.155. The molecule has 0 aliphatic carbocycles. The quantitative estimate of drug-likeness (QED) is 0.937. The number of methoxy groups -OCH3 is 1. The molecule has 5 nitrogen and oxygen atoms in total. The molecule has 1 heterocycles. The van der Waals surface area contributed by atoms with Crippen LogP contribution in [0.3, 0.4) is 0 Å². The number of nitrogens with one attached hydrogen (secondary N) is 1. The van der Waals surface area contributed by atoms with Gasteiger partial charge in [-0.1, -0.05) is 18.2 Å². The smallest absolute Gasteiger partial charge is 0.255 e. The Morgan fingerprint density at radius 2 is 1.96 bits per heavy atom. The summed E-state index contributed by atoms with van der Waals surface area (Å²) >= 11 is 0. The molecule has 126 valence electrons. The van der Waals surface area contributed by atoms with E-state index in [2.05, 4.69) is 5.32 Å². The van der Waals surface area contributed by atoms with E-state index in [0.29, 0.717) is 31.1 Å². The molecule has 24 heavy (non-hydrogen) atoms. The van der Waals surface area contributed by atoms with Gasteiger partial charge in [-0.05, 0) is 36.2 Å². The lowest BCUT2D eigenvalue weighted by molar-refractivity contribution is 0.0947. The molecule has 2 aromatic rings. The van der Waals surface area contributed by atoms with E-state index < -0.39 is 0 Å². The second-order valence-corrected chi connectivity index (χ2v) is 5.67. The fourth-order valence-electron chi connectivity index (χ4n) is 2.69. The van der Waals surface area contributed by atoms with Gasteiger partial charge in [-0.2, -0.15) is 0 Å². The Hall–Kier alpha value is -2.69. The van der Waals surface area contributed by atoms with E-state index in [-0.39, 0.29) is 5.91 Å². The lowest BCUT2D eigenvalue weighted by Gasteiger charge is -2.13. The molecule has 2 aromatic carbocycles. The Morgan fingerprint density at radius 1 is 1.17 bits per heavy atom. The number of amides is 1. The maximum Gasteiger partial charge on any atom is 0.255 e. The fraction of sp³-hybridized carbons (Fsp3) is 0.316. The highest BCUT2D eigenvalue weighted by Gasteiger charge is 2.15. The zero-order valence-electron chi connectivity index (χ0n) is 13.9. The summed E-state index contributed by atoms with van der Waals surface area (Å²) in [7, 11) is 1.56. The number of benzene rings is 2.